The highest BCUT2D eigenvalue weighted by molar-refractivity contribution is 14.0. The number of methoxy groups -OCH3 is 1. The van der Waals surface area contributed by atoms with Gasteiger partial charge in [-0.3, -0.25) is 4.99 Å². The van der Waals surface area contributed by atoms with Crippen molar-refractivity contribution >= 4 is 29.9 Å². The fraction of sp³-hybridized carbons (Fsp3) is 0.909. The van der Waals surface area contributed by atoms with E-state index in [0.29, 0.717) is 6.54 Å². The minimum Gasteiger partial charge on any atom is -0.377 e. The number of guanidine groups is 1. The Balaban J connectivity index is 0. The van der Waals surface area contributed by atoms with Gasteiger partial charge in [0.2, 0.25) is 0 Å². The summed E-state index contributed by atoms with van der Waals surface area (Å²) in [6.45, 7) is 10.7. The molecule has 0 saturated carbocycles. The van der Waals surface area contributed by atoms with E-state index in [2.05, 4.69) is 29.5 Å². The molecule has 2 N–H and O–H groups in total. The predicted molar refractivity (Wildman–Crippen MR) is 80.8 cm³/mol. The number of ether oxygens (including phenoxy) is 1. The molecule has 0 fully saturated rings. The summed E-state index contributed by atoms with van der Waals surface area (Å²) < 4.78 is 5.31. The number of hydrogen-bond acceptors (Lipinski definition) is 2. The van der Waals surface area contributed by atoms with Gasteiger partial charge in [-0.1, -0.05) is 6.92 Å². The standard InChI is InChI=1S/C11H25N3O.HI/c1-6-8-13-10(12-7-2)14-9-11(3,4)15-5;/h6-9H2,1-5H3,(H2,12,13,14);1H. The highest BCUT2D eigenvalue weighted by Crippen LogP contribution is 2.06. The summed E-state index contributed by atoms with van der Waals surface area (Å²) in [7, 11) is 1.71. The third kappa shape index (κ3) is 9.21. The molecule has 0 radical (unpaired) electrons. The molecule has 0 aromatic rings. The highest BCUT2D eigenvalue weighted by atomic mass is 127. The number of hydrogen-bond donors (Lipinski definition) is 2. The summed E-state index contributed by atoms with van der Waals surface area (Å²) in [5.41, 5.74) is -0.200. The second kappa shape index (κ2) is 10.1. The lowest BCUT2D eigenvalue weighted by molar-refractivity contribution is 0.0310. The Morgan fingerprint density at radius 3 is 2.31 bits per heavy atom. The number of rotatable bonds is 6. The van der Waals surface area contributed by atoms with Crippen LogP contribution in [0.1, 0.15) is 34.1 Å². The molecule has 0 aliphatic rings. The van der Waals surface area contributed by atoms with Crippen molar-refractivity contribution in [1.82, 2.24) is 10.6 Å². The summed E-state index contributed by atoms with van der Waals surface area (Å²) in [6, 6.07) is 0. The Hall–Kier alpha value is -0.0400. The summed E-state index contributed by atoms with van der Waals surface area (Å²) in [5, 5.41) is 6.45. The number of halogens is 1. The maximum Gasteiger partial charge on any atom is 0.191 e. The summed E-state index contributed by atoms with van der Waals surface area (Å²) in [6.07, 6.45) is 1.10. The molecule has 5 heteroatoms. The molecule has 0 saturated heterocycles. The van der Waals surface area contributed by atoms with Crippen LogP contribution in [0, 0.1) is 0 Å². The van der Waals surface area contributed by atoms with E-state index < -0.39 is 0 Å². The van der Waals surface area contributed by atoms with Gasteiger partial charge in [-0.05, 0) is 27.2 Å². The molecule has 4 nitrogen and oxygen atoms in total. The zero-order valence-electron chi connectivity index (χ0n) is 11.1. The number of aliphatic imine (C=N–C) groups is 1. The molecule has 0 spiro atoms. The van der Waals surface area contributed by atoms with Crippen molar-refractivity contribution in [2.45, 2.75) is 39.7 Å². The average Bonchev–Trinajstić information content (AvgIpc) is 2.22. The second-order valence-electron chi connectivity index (χ2n) is 4.09. The minimum absolute atomic E-state index is 0. The summed E-state index contributed by atoms with van der Waals surface area (Å²) in [4.78, 5) is 4.46. The Morgan fingerprint density at radius 2 is 1.88 bits per heavy atom. The molecule has 0 heterocycles. The van der Waals surface area contributed by atoms with Crippen LogP contribution in [-0.4, -0.2) is 38.3 Å². The van der Waals surface area contributed by atoms with Crippen LogP contribution in [0.15, 0.2) is 4.99 Å². The second-order valence-corrected chi connectivity index (χ2v) is 4.09. The van der Waals surface area contributed by atoms with Crippen molar-refractivity contribution in [3.63, 3.8) is 0 Å². The van der Waals surface area contributed by atoms with Gasteiger partial charge in [-0.25, -0.2) is 0 Å². The van der Waals surface area contributed by atoms with E-state index in [-0.39, 0.29) is 29.6 Å². The van der Waals surface area contributed by atoms with Gasteiger partial charge in [0.1, 0.15) is 0 Å². The van der Waals surface area contributed by atoms with Crippen molar-refractivity contribution in [2.75, 3.05) is 26.7 Å². The summed E-state index contributed by atoms with van der Waals surface area (Å²) >= 11 is 0. The van der Waals surface area contributed by atoms with Crippen LogP contribution in [0.4, 0.5) is 0 Å². The molecule has 0 unspecified atom stereocenters. The zero-order valence-corrected chi connectivity index (χ0v) is 13.4. The number of nitrogens with one attached hydrogen (secondary N) is 2. The van der Waals surface area contributed by atoms with Crippen LogP contribution >= 0.6 is 24.0 Å². The van der Waals surface area contributed by atoms with E-state index in [9.17, 15) is 0 Å². The van der Waals surface area contributed by atoms with Crippen LogP contribution in [-0.2, 0) is 4.74 Å². The lowest BCUT2D eigenvalue weighted by Crippen LogP contribution is -2.39. The predicted octanol–water partition coefficient (Wildman–Crippen LogP) is 1.99. The first-order valence-electron chi connectivity index (χ1n) is 5.63. The zero-order chi connectivity index (χ0) is 11.7. The topological polar surface area (TPSA) is 45.7 Å². The van der Waals surface area contributed by atoms with Gasteiger partial charge in [-0.2, -0.15) is 0 Å². The first-order valence-corrected chi connectivity index (χ1v) is 5.63. The largest absolute Gasteiger partial charge is 0.377 e. The smallest absolute Gasteiger partial charge is 0.191 e. The first-order chi connectivity index (χ1) is 7.05. The Labute approximate surface area is 117 Å². The quantitative estimate of drug-likeness (QED) is 0.441. The molecule has 0 rings (SSSR count). The third-order valence-corrected chi connectivity index (χ3v) is 2.06. The molecule has 98 valence electrons. The average molecular weight is 343 g/mol. The summed E-state index contributed by atoms with van der Waals surface area (Å²) in [5.74, 6) is 0.865. The van der Waals surface area contributed by atoms with Crippen LogP contribution in [0.2, 0.25) is 0 Å². The molecule has 0 aliphatic heterocycles. The SMILES string of the molecule is CCCNC(=NCC(C)(C)OC)NCC.I. The van der Waals surface area contributed by atoms with Crippen LogP contribution in [0.3, 0.4) is 0 Å². The van der Waals surface area contributed by atoms with Crippen molar-refractivity contribution in [3.05, 3.63) is 0 Å². The molecule has 0 atom stereocenters. The van der Waals surface area contributed by atoms with Crippen LogP contribution in [0.25, 0.3) is 0 Å². The van der Waals surface area contributed by atoms with Gasteiger partial charge >= 0.3 is 0 Å². The lowest BCUT2D eigenvalue weighted by Gasteiger charge is -2.21. The fourth-order valence-corrected chi connectivity index (χ4v) is 0.919. The molecule has 0 aromatic heterocycles. The van der Waals surface area contributed by atoms with E-state index in [1.54, 1.807) is 7.11 Å². The Morgan fingerprint density at radius 1 is 1.25 bits per heavy atom. The van der Waals surface area contributed by atoms with E-state index in [4.69, 9.17) is 4.74 Å². The van der Waals surface area contributed by atoms with Gasteiger partial charge in [0.25, 0.3) is 0 Å². The van der Waals surface area contributed by atoms with Gasteiger partial charge in [-0.15, -0.1) is 24.0 Å². The monoisotopic (exact) mass is 343 g/mol. The van der Waals surface area contributed by atoms with Gasteiger partial charge in [0.05, 0.1) is 12.1 Å². The molecular weight excluding hydrogens is 317 g/mol. The van der Waals surface area contributed by atoms with Crippen LogP contribution < -0.4 is 10.6 Å². The molecule has 0 bridgehead atoms. The van der Waals surface area contributed by atoms with Crippen LogP contribution in [0.5, 0.6) is 0 Å². The van der Waals surface area contributed by atoms with Crippen molar-refractivity contribution in [2.24, 2.45) is 4.99 Å². The fourth-order valence-electron chi connectivity index (χ4n) is 0.919. The molecule has 0 amide bonds. The molecular formula is C11H26IN3O. The van der Waals surface area contributed by atoms with Crippen molar-refractivity contribution in [1.29, 1.82) is 0 Å². The maximum absolute atomic E-state index is 5.31. The van der Waals surface area contributed by atoms with Gasteiger partial charge in [0, 0.05) is 20.2 Å². The molecule has 16 heavy (non-hydrogen) atoms. The minimum atomic E-state index is -0.200. The van der Waals surface area contributed by atoms with Crippen molar-refractivity contribution < 1.29 is 4.74 Å². The van der Waals surface area contributed by atoms with Gasteiger partial charge < -0.3 is 15.4 Å². The van der Waals surface area contributed by atoms with Crippen molar-refractivity contribution in [3.8, 4) is 0 Å². The maximum atomic E-state index is 5.31. The van der Waals surface area contributed by atoms with E-state index in [1.165, 1.54) is 0 Å². The first kappa shape index (κ1) is 18.3. The Bertz CT molecular complexity index is 196. The Kier molecular flexibility index (Phi) is 11.6. The molecule has 0 aromatic carbocycles. The molecule has 0 aliphatic carbocycles. The third-order valence-electron chi connectivity index (χ3n) is 2.06. The van der Waals surface area contributed by atoms with E-state index in [1.807, 2.05) is 13.8 Å². The van der Waals surface area contributed by atoms with Gasteiger partial charge in [0.15, 0.2) is 5.96 Å². The highest BCUT2D eigenvalue weighted by Gasteiger charge is 2.15. The lowest BCUT2D eigenvalue weighted by atomic mass is 10.1. The van der Waals surface area contributed by atoms with E-state index in [0.717, 1.165) is 25.5 Å². The number of nitrogens with zero attached hydrogens (tertiary/aromatic N) is 1. The normalized spacial score (nSPS) is 11.9. The van der Waals surface area contributed by atoms with E-state index >= 15 is 0 Å².